The summed E-state index contributed by atoms with van der Waals surface area (Å²) in [6, 6.07) is 1.97. The highest BCUT2D eigenvalue weighted by Gasteiger charge is 2.05. The molecule has 0 saturated carbocycles. The molecule has 2 rings (SSSR count). The first-order chi connectivity index (χ1) is 6.68. The van der Waals surface area contributed by atoms with Gasteiger partial charge in [-0.25, -0.2) is 9.67 Å². The Morgan fingerprint density at radius 2 is 2.14 bits per heavy atom. The monoisotopic (exact) mass is 189 g/mol. The van der Waals surface area contributed by atoms with Gasteiger partial charge in [0.1, 0.15) is 5.82 Å². The van der Waals surface area contributed by atoms with Crippen molar-refractivity contribution in [3.8, 4) is 11.3 Å². The minimum absolute atomic E-state index is 0.559. The molecule has 2 heterocycles. The third-order valence-electron chi connectivity index (χ3n) is 2.13. The molecular weight excluding hydrogens is 178 g/mol. The molecule has 0 radical (unpaired) electrons. The van der Waals surface area contributed by atoms with E-state index >= 15 is 0 Å². The molecule has 14 heavy (non-hydrogen) atoms. The van der Waals surface area contributed by atoms with Crippen LogP contribution in [-0.2, 0) is 7.05 Å². The lowest BCUT2D eigenvalue weighted by molar-refractivity contribution is 0.720. The van der Waals surface area contributed by atoms with Crippen LogP contribution < -0.4 is 5.73 Å². The fourth-order valence-corrected chi connectivity index (χ4v) is 1.28. The lowest BCUT2D eigenvalue weighted by Gasteiger charge is -2.03. The van der Waals surface area contributed by atoms with Crippen molar-refractivity contribution >= 4 is 5.82 Å². The van der Waals surface area contributed by atoms with Crippen molar-refractivity contribution in [2.75, 3.05) is 5.73 Å². The molecule has 0 aliphatic rings. The van der Waals surface area contributed by atoms with E-state index in [1.165, 1.54) is 0 Å². The normalized spacial score (nSPS) is 10.4. The quantitative estimate of drug-likeness (QED) is 0.719. The summed E-state index contributed by atoms with van der Waals surface area (Å²) in [5.41, 5.74) is 8.50. The number of anilines is 1. The molecule has 0 fully saturated rings. The number of hydrogen-bond donors (Lipinski definition) is 1. The van der Waals surface area contributed by atoms with Gasteiger partial charge in [-0.15, -0.1) is 5.10 Å². The average Bonchev–Trinajstić information content (AvgIpc) is 2.57. The molecule has 0 bridgehead atoms. The standard InChI is InChI=1S/C9H11N5/c1-6-3-7(4-11-9(6)10)8-5-12-13-14(8)2/h3-5H,1-2H3,(H2,10,11). The fraction of sp³-hybridized carbons (Fsp3) is 0.222. The molecule has 0 saturated heterocycles. The van der Waals surface area contributed by atoms with Gasteiger partial charge < -0.3 is 5.73 Å². The third kappa shape index (κ3) is 1.32. The smallest absolute Gasteiger partial charge is 0.126 e. The minimum atomic E-state index is 0.559. The van der Waals surface area contributed by atoms with E-state index in [9.17, 15) is 0 Å². The molecule has 0 unspecified atom stereocenters. The van der Waals surface area contributed by atoms with E-state index in [0.717, 1.165) is 16.8 Å². The number of nitrogens with two attached hydrogens (primary N) is 1. The number of nitrogens with zero attached hydrogens (tertiary/aromatic N) is 4. The minimum Gasteiger partial charge on any atom is -0.383 e. The van der Waals surface area contributed by atoms with Crippen LogP contribution >= 0.6 is 0 Å². The highest BCUT2D eigenvalue weighted by molar-refractivity contribution is 5.60. The Morgan fingerprint density at radius 1 is 1.36 bits per heavy atom. The van der Waals surface area contributed by atoms with Crippen LogP contribution in [-0.4, -0.2) is 20.0 Å². The number of hydrogen-bond acceptors (Lipinski definition) is 4. The van der Waals surface area contributed by atoms with E-state index in [1.54, 1.807) is 17.1 Å². The Kier molecular flexibility index (Phi) is 1.92. The number of rotatable bonds is 1. The number of aryl methyl sites for hydroxylation is 2. The molecule has 0 amide bonds. The summed E-state index contributed by atoms with van der Waals surface area (Å²) in [6.07, 6.45) is 3.42. The van der Waals surface area contributed by atoms with Crippen LogP contribution in [0.15, 0.2) is 18.5 Å². The van der Waals surface area contributed by atoms with Gasteiger partial charge in [0.05, 0.1) is 11.9 Å². The number of pyridine rings is 1. The highest BCUT2D eigenvalue weighted by atomic mass is 15.4. The molecule has 0 aliphatic carbocycles. The zero-order chi connectivity index (χ0) is 10.1. The molecule has 2 aromatic heterocycles. The summed E-state index contributed by atoms with van der Waals surface area (Å²) in [5, 5.41) is 7.66. The van der Waals surface area contributed by atoms with E-state index < -0.39 is 0 Å². The molecule has 72 valence electrons. The van der Waals surface area contributed by atoms with Crippen molar-refractivity contribution in [2.24, 2.45) is 7.05 Å². The van der Waals surface area contributed by atoms with Crippen molar-refractivity contribution in [1.29, 1.82) is 0 Å². The molecule has 5 nitrogen and oxygen atoms in total. The van der Waals surface area contributed by atoms with Gasteiger partial charge in [0.2, 0.25) is 0 Å². The van der Waals surface area contributed by atoms with Gasteiger partial charge in [-0.2, -0.15) is 0 Å². The molecule has 2 N–H and O–H groups in total. The Bertz CT molecular complexity index is 460. The van der Waals surface area contributed by atoms with Crippen LogP contribution in [0, 0.1) is 6.92 Å². The van der Waals surface area contributed by atoms with Crippen LogP contribution in [0.4, 0.5) is 5.82 Å². The zero-order valence-corrected chi connectivity index (χ0v) is 8.10. The lowest BCUT2D eigenvalue weighted by atomic mass is 10.1. The van der Waals surface area contributed by atoms with Gasteiger partial charge in [-0.3, -0.25) is 0 Å². The van der Waals surface area contributed by atoms with Gasteiger partial charge in [0.25, 0.3) is 0 Å². The zero-order valence-electron chi connectivity index (χ0n) is 8.10. The summed E-state index contributed by atoms with van der Waals surface area (Å²) in [7, 11) is 1.84. The van der Waals surface area contributed by atoms with Gasteiger partial charge in [0.15, 0.2) is 0 Å². The average molecular weight is 189 g/mol. The third-order valence-corrected chi connectivity index (χ3v) is 2.13. The topological polar surface area (TPSA) is 69.6 Å². The Hall–Kier alpha value is -1.91. The Morgan fingerprint density at radius 3 is 2.71 bits per heavy atom. The van der Waals surface area contributed by atoms with E-state index in [4.69, 9.17) is 5.73 Å². The predicted octanol–water partition coefficient (Wildman–Crippen LogP) is 0.768. The molecule has 0 aromatic carbocycles. The summed E-state index contributed by atoms with van der Waals surface area (Å²) < 4.78 is 1.70. The van der Waals surface area contributed by atoms with Crippen molar-refractivity contribution < 1.29 is 0 Å². The summed E-state index contributed by atoms with van der Waals surface area (Å²) in [4.78, 5) is 4.08. The lowest BCUT2D eigenvalue weighted by Crippen LogP contribution is -1.97. The van der Waals surface area contributed by atoms with Gasteiger partial charge in [0, 0.05) is 18.8 Å². The van der Waals surface area contributed by atoms with E-state index in [2.05, 4.69) is 15.3 Å². The van der Waals surface area contributed by atoms with Crippen LogP contribution in [0.1, 0.15) is 5.56 Å². The molecule has 0 atom stereocenters. The maximum atomic E-state index is 5.63. The van der Waals surface area contributed by atoms with Gasteiger partial charge >= 0.3 is 0 Å². The second-order valence-corrected chi connectivity index (χ2v) is 3.17. The number of aromatic nitrogens is 4. The summed E-state index contributed by atoms with van der Waals surface area (Å²) in [5.74, 6) is 0.559. The Labute approximate surface area is 81.6 Å². The maximum absolute atomic E-state index is 5.63. The first-order valence-electron chi connectivity index (χ1n) is 4.25. The van der Waals surface area contributed by atoms with Crippen LogP contribution in [0.5, 0.6) is 0 Å². The summed E-state index contributed by atoms with van der Waals surface area (Å²) in [6.45, 7) is 1.93. The van der Waals surface area contributed by atoms with Crippen molar-refractivity contribution in [2.45, 2.75) is 6.92 Å². The molecule has 2 aromatic rings. The first-order valence-corrected chi connectivity index (χ1v) is 4.25. The first kappa shape index (κ1) is 8.68. The number of nitrogen functional groups attached to an aromatic ring is 1. The summed E-state index contributed by atoms with van der Waals surface area (Å²) >= 11 is 0. The van der Waals surface area contributed by atoms with E-state index in [0.29, 0.717) is 5.82 Å². The fourth-order valence-electron chi connectivity index (χ4n) is 1.28. The van der Waals surface area contributed by atoms with Crippen molar-refractivity contribution in [3.05, 3.63) is 24.0 Å². The van der Waals surface area contributed by atoms with Crippen LogP contribution in [0.2, 0.25) is 0 Å². The molecule has 5 heteroatoms. The molecule has 0 spiro atoms. The van der Waals surface area contributed by atoms with Gasteiger partial charge in [-0.05, 0) is 18.6 Å². The van der Waals surface area contributed by atoms with E-state index in [-0.39, 0.29) is 0 Å². The predicted molar refractivity (Wildman–Crippen MR) is 53.4 cm³/mol. The van der Waals surface area contributed by atoms with Crippen molar-refractivity contribution in [3.63, 3.8) is 0 Å². The second-order valence-electron chi connectivity index (χ2n) is 3.17. The van der Waals surface area contributed by atoms with Crippen LogP contribution in [0.3, 0.4) is 0 Å². The van der Waals surface area contributed by atoms with Crippen LogP contribution in [0.25, 0.3) is 11.3 Å². The SMILES string of the molecule is Cc1cc(-c2cnnn2C)cnc1N. The Balaban J connectivity index is 2.53. The molecule has 0 aliphatic heterocycles. The largest absolute Gasteiger partial charge is 0.383 e. The van der Waals surface area contributed by atoms with Gasteiger partial charge in [-0.1, -0.05) is 5.21 Å². The molecular formula is C9H11N5. The second kappa shape index (κ2) is 3.10. The van der Waals surface area contributed by atoms with Crippen molar-refractivity contribution in [1.82, 2.24) is 20.0 Å². The maximum Gasteiger partial charge on any atom is 0.126 e. The van der Waals surface area contributed by atoms with E-state index in [1.807, 2.05) is 20.0 Å². The highest BCUT2D eigenvalue weighted by Crippen LogP contribution is 2.19.